The van der Waals surface area contributed by atoms with E-state index in [2.05, 4.69) is 5.32 Å². The Morgan fingerprint density at radius 3 is 2.62 bits per heavy atom. The second-order valence-electron chi connectivity index (χ2n) is 5.47. The van der Waals surface area contributed by atoms with Gasteiger partial charge in [0.25, 0.3) is 0 Å². The first kappa shape index (κ1) is 15.4. The van der Waals surface area contributed by atoms with Gasteiger partial charge in [-0.3, -0.25) is 0 Å². The highest BCUT2D eigenvalue weighted by atomic mass is 16.4. The van der Waals surface area contributed by atoms with E-state index < -0.39 is 11.5 Å². The summed E-state index contributed by atoms with van der Waals surface area (Å²) in [5.41, 5.74) is -1.12. The molecule has 6 heteroatoms. The molecule has 0 spiro atoms. The third kappa shape index (κ3) is 3.56. The number of rotatable bonds is 5. The molecule has 21 heavy (non-hydrogen) atoms. The highest BCUT2D eigenvalue weighted by molar-refractivity contribution is 5.86. The number of hydrogen-bond donors (Lipinski definition) is 2. The summed E-state index contributed by atoms with van der Waals surface area (Å²) in [6.45, 7) is 2.68. The van der Waals surface area contributed by atoms with Crippen LogP contribution < -0.4 is 5.32 Å². The summed E-state index contributed by atoms with van der Waals surface area (Å²) >= 11 is 0. The van der Waals surface area contributed by atoms with Crippen molar-refractivity contribution in [1.29, 1.82) is 0 Å². The van der Waals surface area contributed by atoms with Gasteiger partial charge < -0.3 is 19.7 Å². The first-order chi connectivity index (χ1) is 10.1. The molecule has 1 heterocycles. The zero-order chi connectivity index (χ0) is 15.3. The van der Waals surface area contributed by atoms with Crippen LogP contribution in [0.2, 0.25) is 0 Å². The lowest BCUT2D eigenvalue weighted by molar-refractivity contribution is -0.146. The Balaban J connectivity index is 2.04. The third-order valence-electron chi connectivity index (χ3n) is 4.06. The van der Waals surface area contributed by atoms with Crippen molar-refractivity contribution in [3.63, 3.8) is 0 Å². The average Bonchev–Trinajstić information content (AvgIpc) is 2.98. The van der Waals surface area contributed by atoms with Crippen LogP contribution in [0.25, 0.3) is 0 Å². The van der Waals surface area contributed by atoms with Crippen LogP contribution in [-0.4, -0.2) is 34.1 Å². The van der Waals surface area contributed by atoms with Gasteiger partial charge >= 0.3 is 12.0 Å². The fourth-order valence-corrected chi connectivity index (χ4v) is 2.75. The summed E-state index contributed by atoms with van der Waals surface area (Å²) in [6, 6.07) is 3.21. The lowest BCUT2D eigenvalue weighted by atomic mass is 9.82. The molecule has 6 nitrogen and oxygen atoms in total. The molecule has 0 atom stereocenters. The van der Waals surface area contributed by atoms with E-state index in [-0.39, 0.29) is 6.03 Å². The van der Waals surface area contributed by atoms with Crippen molar-refractivity contribution in [1.82, 2.24) is 10.2 Å². The summed E-state index contributed by atoms with van der Waals surface area (Å²) in [5, 5.41) is 12.2. The van der Waals surface area contributed by atoms with Gasteiger partial charge in [-0.15, -0.1) is 0 Å². The first-order valence-corrected chi connectivity index (χ1v) is 7.40. The zero-order valence-corrected chi connectivity index (χ0v) is 12.3. The molecular weight excluding hydrogens is 272 g/mol. The van der Waals surface area contributed by atoms with Gasteiger partial charge in [0.2, 0.25) is 0 Å². The van der Waals surface area contributed by atoms with Crippen LogP contribution in [0.1, 0.15) is 44.8 Å². The Bertz CT molecular complexity index is 478. The predicted molar refractivity (Wildman–Crippen MR) is 76.8 cm³/mol. The summed E-state index contributed by atoms with van der Waals surface area (Å²) in [5.74, 6) is -0.260. The molecule has 2 N–H and O–H groups in total. The number of furan rings is 1. The minimum atomic E-state index is -1.12. The molecule has 1 aliphatic rings. The quantitative estimate of drug-likeness (QED) is 0.874. The lowest BCUT2D eigenvalue weighted by Gasteiger charge is -2.35. The Hall–Kier alpha value is -1.98. The average molecular weight is 294 g/mol. The Labute approximate surface area is 124 Å². The maximum absolute atomic E-state index is 12.4. The molecule has 0 aromatic carbocycles. The van der Waals surface area contributed by atoms with Gasteiger partial charge in [-0.2, -0.15) is 0 Å². The molecule has 2 rings (SSSR count). The number of carbonyl (C=O) groups excluding carboxylic acids is 1. The predicted octanol–water partition coefficient (Wildman–Crippen LogP) is 2.60. The van der Waals surface area contributed by atoms with E-state index in [1.54, 1.807) is 23.3 Å². The van der Waals surface area contributed by atoms with Crippen molar-refractivity contribution in [2.75, 3.05) is 6.54 Å². The summed E-state index contributed by atoms with van der Waals surface area (Å²) in [7, 11) is 0. The van der Waals surface area contributed by atoms with Crippen LogP contribution in [0.5, 0.6) is 0 Å². The van der Waals surface area contributed by atoms with Crippen LogP contribution in [0.15, 0.2) is 22.8 Å². The Morgan fingerprint density at radius 1 is 1.38 bits per heavy atom. The highest BCUT2D eigenvalue weighted by Gasteiger charge is 2.41. The van der Waals surface area contributed by atoms with Gasteiger partial charge in [-0.05, 0) is 31.9 Å². The number of carbonyl (C=O) groups is 2. The second-order valence-corrected chi connectivity index (χ2v) is 5.47. The van der Waals surface area contributed by atoms with Crippen molar-refractivity contribution in [2.45, 2.75) is 51.1 Å². The minimum absolute atomic E-state index is 0.338. The van der Waals surface area contributed by atoms with Crippen LogP contribution in [0.3, 0.4) is 0 Å². The van der Waals surface area contributed by atoms with Gasteiger partial charge in [0.1, 0.15) is 11.3 Å². The van der Waals surface area contributed by atoms with E-state index in [0.29, 0.717) is 31.7 Å². The summed E-state index contributed by atoms with van der Waals surface area (Å²) in [6.07, 6.45) is 5.22. The maximum Gasteiger partial charge on any atom is 0.329 e. The van der Waals surface area contributed by atoms with E-state index >= 15 is 0 Å². The molecule has 0 radical (unpaired) electrons. The maximum atomic E-state index is 12.4. The standard InChI is InChI=1S/C15H22N2O4/c1-2-17(11-12-7-6-10-21-12)14(20)16-15(13(18)19)8-4-3-5-9-15/h6-7,10H,2-5,8-9,11H2,1H3,(H,16,20)(H,18,19). The van der Waals surface area contributed by atoms with Crippen molar-refractivity contribution in [3.8, 4) is 0 Å². The van der Waals surface area contributed by atoms with E-state index in [1.807, 2.05) is 6.92 Å². The monoisotopic (exact) mass is 294 g/mol. The molecule has 1 aromatic heterocycles. The van der Waals surface area contributed by atoms with Crippen molar-refractivity contribution < 1.29 is 19.1 Å². The Kier molecular flexibility index (Phi) is 4.88. The SMILES string of the molecule is CCN(Cc1ccco1)C(=O)NC1(C(=O)O)CCCCC1. The van der Waals surface area contributed by atoms with E-state index in [1.165, 1.54) is 0 Å². The molecule has 0 unspecified atom stereocenters. The van der Waals surface area contributed by atoms with Gasteiger partial charge in [-0.25, -0.2) is 9.59 Å². The van der Waals surface area contributed by atoms with Crippen LogP contribution in [0.4, 0.5) is 4.79 Å². The molecule has 0 saturated heterocycles. The number of carboxylic acids is 1. The van der Waals surface area contributed by atoms with Gasteiger partial charge in [0.15, 0.2) is 0 Å². The number of amides is 2. The van der Waals surface area contributed by atoms with Gasteiger partial charge in [0.05, 0.1) is 12.8 Å². The molecule has 1 fully saturated rings. The number of carboxylic acid groups (broad SMARTS) is 1. The van der Waals surface area contributed by atoms with Crippen molar-refractivity contribution in [2.24, 2.45) is 0 Å². The fraction of sp³-hybridized carbons (Fsp3) is 0.600. The molecule has 1 saturated carbocycles. The molecule has 0 bridgehead atoms. The van der Waals surface area contributed by atoms with Crippen molar-refractivity contribution >= 4 is 12.0 Å². The minimum Gasteiger partial charge on any atom is -0.480 e. The molecular formula is C15H22N2O4. The first-order valence-electron chi connectivity index (χ1n) is 7.40. The molecule has 2 amide bonds. The number of aliphatic carboxylic acids is 1. The van der Waals surface area contributed by atoms with E-state index in [9.17, 15) is 14.7 Å². The zero-order valence-electron chi connectivity index (χ0n) is 12.3. The normalized spacial score (nSPS) is 17.2. The summed E-state index contributed by atoms with van der Waals surface area (Å²) < 4.78 is 5.24. The second kappa shape index (κ2) is 6.65. The van der Waals surface area contributed by atoms with Crippen LogP contribution in [-0.2, 0) is 11.3 Å². The molecule has 1 aliphatic carbocycles. The summed E-state index contributed by atoms with van der Waals surface area (Å²) in [4.78, 5) is 25.5. The molecule has 1 aromatic rings. The number of hydrogen-bond acceptors (Lipinski definition) is 3. The highest BCUT2D eigenvalue weighted by Crippen LogP contribution is 2.28. The number of nitrogens with one attached hydrogen (secondary N) is 1. The van der Waals surface area contributed by atoms with E-state index in [4.69, 9.17) is 4.42 Å². The molecule has 0 aliphatic heterocycles. The smallest absolute Gasteiger partial charge is 0.329 e. The third-order valence-corrected chi connectivity index (χ3v) is 4.06. The number of nitrogens with zero attached hydrogens (tertiary/aromatic N) is 1. The Morgan fingerprint density at radius 2 is 2.10 bits per heavy atom. The van der Waals surface area contributed by atoms with Crippen LogP contribution >= 0.6 is 0 Å². The molecule has 116 valence electrons. The lowest BCUT2D eigenvalue weighted by Crippen LogP contribution is -2.58. The van der Waals surface area contributed by atoms with Gasteiger partial charge in [-0.1, -0.05) is 19.3 Å². The number of urea groups is 1. The van der Waals surface area contributed by atoms with Crippen LogP contribution in [0, 0.1) is 0 Å². The van der Waals surface area contributed by atoms with E-state index in [0.717, 1.165) is 19.3 Å². The topological polar surface area (TPSA) is 82.8 Å². The largest absolute Gasteiger partial charge is 0.480 e. The fourth-order valence-electron chi connectivity index (χ4n) is 2.75. The van der Waals surface area contributed by atoms with Crippen molar-refractivity contribution in [3.05, 3.63) is 24.2 Å². The van der Waals surface area contributed by atoms with Gasteiger partial charge in [0, 0.05) is 6.54 Å².